The minimum absolute atomic E-state index is 0.0478. The largest absolute Gasteiger partial charge is 0.328 e. The fraction of sp³-hybridized carbons (Fsp3) is 0.333. The zero-order valence-corrected chi connectivity index (χ0v) is 16.3. The molecule has 0 aliphatic heterocycles. The molecule has 3 rings (SSSR count). The van der Waals surface area contributed by atoms with E-state index in [2.05, 4.69) is 19.2 Å². The number of thioether (sulfide) groups is 1. The number of fused-ring (bicyclic) bond motifs is 1. The van der Waals surface area contributed by atoms with Crippen LogP contribution in [0.3, 0.4) is 0 Å². The standard InChI is InChI=1S/C18H21N3O2S2/c1-11(2)25-16-10-15-14(20(3)18(23)21(15)4)9-13(16)19-17(22)8-12-6-5-7-24-12/h5-7,9-11H,8H2,1-4H3,(H,19,22). The van der Waals surface area contributed by atoms with Crippen molar-refractivity contribution in [2.75, 3.05) is 5.32 Å². The van der Waals surface area contributed by atoms with Gasteiger partial charge in [0.15, 0.2) is 0 Å². The molecule has 0 spiro atoms. The quantitative estimate of drug-likeness (QED) is 0.693. The third kappa shape index (κ3) is 3.67. The van der Waals surface area contributed by atoms with Crippen LogP contribution in [0.1, 0.15) is 18.7 Å². The van der Waals surface area contributed by atoms with Crippen LogP contribution in [0.4, 0.5) is 5.69 Å². The van der Waals surface area contributed by atoms with E-state index in [0.29, 0.717) is 11.7 Å². The first-order valence-corrected chi connectivity index (χ1v) is 9.81. The van der Waals surface area contributed by atoms with E-state index in [4.69, 9.17) is 0 Å². The van der Waals surface area contributed by atoms with Crippen molar-refractivity contribution in [3.8, 4) is 0 Å². The van der Waals surface area contributed by atoms with Gasteiger partial charge in [0.05, 0.1) is 23.1 Å². The van der Waals surface area contributed by atoms with Crippen LogP contribution in [0, 0.1) is 0 Å². The van der Waals surface area contributed by atoms with Gasteiger partial charge in [-0.05, 0) is 23.6 Å². The lowest BCUT2D eigenvalue weighted by Gasteiger charge is -2.13. The molecule has 0 aliphatic rings. The molecule has 1 aromatic carbocycles. The number of carbonyl (C=O) groups is 1. The minimum atomic E-state index is -0.0717. The topological polar surface area (TPSA) is 56.0 Å². The third-order valence-corrected chi connectivity index (χ3v) is 5.86. The molecular weight excluding hydrogens is 354 g/mol. The van der Waals surface area contributed by atoms with E-state index in [1.54, 1.807) is 46.3 Å². The van der Waals surface area contributed by atoms with Crippen molar-refractivity contribution in [1.29, 1.82) is 0 Å². The number of aromatic nitrogens is 2. The predicted octanol–water partition coefficient (Wildman–Crippen LogP) is 3.62. The van der Waals surface area contributed by atoms with Crippen LogP contribution in [0.5, 0.6) is 0 Å². The molecule has 0 atom stereocenters. The number of hydrogen-bond acceptors (Lipinski definition) is 4. The molecule has 0 radical (unpaired) electrons. The molecule has 0 unspecified atom stereocenters. The molecule has 0 aliphatic carbocycles. The van der Waals surface area contributed by atoms with E-state index in [1.807, 2.05) is 29.6 Å². The Balaban J connectivity index is 2.00. The van der Waals surface area contributed by atoms with Gasteiger partial charge in [-0.25, -0.2) is 4.79 Å². The Hall–Kier alpha value is -1.99. The summed E-state index contributed by atoms with van der Waals surface area (Å²) in [5.41, 5.74) is 2.37. The highest BCUT2D eigenvalue weighted by Gasteiger charge is 2.16. The van der Waals surface area contributed by atoms with Crippen LogP contribution in [0.25, 0.3) is 11.0 Å². The number of rotatable bonds is 5. The van der Waals surface area contributed by atoms with E-state index in [9.17, 15) is 9.59 Å². The zero-order chi connectivity index (χ0) is 18.1. The minimum Gasteiger partial charge on any atom is -0.325 e. The Labute approximate surface area is 154 Å². The lowest BCUT2D eigenvalue weighted by Crippen LogP contribution is -2.19. The van der Waals surface area contributed by atoms with Crippen LogP contribution >= 0.6 is 23.1 Å². The second-order valence-corrected chi connectivity index (χ2v) is 8.86. The Morgan fingerprint density at radius 1 is 1.24 bits per heavy atom. The van der Waals surface area contributed by atoms with E-state index >= 15 is 0 Å². The maximum Gasteiger partial charge on any atom is 0.328 e. The molecule has 0 fully saturated rings. The number of nitrogens with one attached hydrogen (secondary N) is 1. The monoisotopic (exact) mass is 375 g/mol. The number of thiophene rings is 1. The molecule has 1 amide bonds. The first kappa shape index (κ1) is 17.8. The van der Waals surface area contributed by atoms with Crippen LogP contribution in [0.15, 0.2) is 39.3 Å². The van der Waals surface area contributed by atoms with Crippen LogP contribution in [-0.4, -0.2) is 20.3 Å². The average Bonchev–Trinajstić information content (AvgIpc) is 3.12. The number of nitrogens with zero attached hydrogens (tertiary/aromatic N) is 2. The number of hydrogen-bond donors (Lipinski definition) is 1. The maximum absolute atomic E-state index is 12.4. The molecule has 7 heteroatoms. The summed E-state index contributed by atoms with van der Waals surface area (Å²) < 4.78 is 3.24. The van der Waals surface area contributed by atoms with Crippen molar-refractivity contribution in [1.82, 2.24) is 9.13 Å². The van der Waals surface area contributed by atoms with Gasteiger partial charge >= 0.3 is 5.69 Å². The van der Waals surface area contributed by atoms with Gasteiger partial charge in [-0.15, -0.1) is 23.1 Å². The number of imidazole rings is 1. The van der Waals surface area contributed by atoms with Crippen molar-refractivity contribution in [2.24, 2.45) is 14.1 Å². The molecule has 0 bridgehead atoms. The summed E-state index contributed by atoms with van der Waals surface area (Å²) in [5, 5.41) is 5.36. The molecule has 132 valence electrons. The van der Waals surface area contributed by atoms with Gasteiger partial charge in [0.1, 0.15) is 0 Å². The SMILES string of the molecule is CC(C)Sc1cc2c(cc1NC(=O)Cc1cccs1)n(C)c(=O)n2C. The van der Waals surface area contributed by atoms with Crippen molar-refractivity contribution in [3.63, 3.8) is 0 Å². The molecule has 2 aromatic heterocycles. The molecule has 1 N–H and O–H groups in total. The van der Waals surface area contributed by atoms with E-state index in [0.717, 1.165) is 26.5 Å². The third-order valence-electron chi connectivity index (χ3n) is 3.92. The van der Waals surface area contributed by atoms with Crippen molar-refractivity contribution in [2.45, 2.75) is 30.4 Å². The van der Waals surface area contributed by atoms with Gasteiger partial charge < -0.3 is 5.32 Å². The first-order valence-electron chi connectivity index (χ1n) is 8.05. The molecule has 0 saturated carbocycles. The second-order valence-electron chi connectivity index (χ2n) is 6.21. The molecule has 2 heterocycles. The number of carbonyl (C=O) groups excluding carboxylic acids is 1. The average molecular weight is 376 g/mol. The van der Waals surface area contributed by atoms with Crippen molar-refractivity contribution >= 4 is 45.7 Å². The Morgan fingerprint density at radius 3 is 2.52 bits per heavy atom. The fourth-order valence-electron chi connectivity index (χ4n) is 2.74. The van der Waals surface area contributed by atoms with E-state index in [1.165, 1.54) is 0 Å². The normalized spacial score (nSPS) is 11.4. The van der Waals surface area contributed by atoms with Gasteiger partial charge in [-0.2, -0.15) is 0 Å². The maximum atomic E-state index is 12.4. The van der Waals surface area contributed by atoms with Crippen molar-refractivity contribution in [3.05, 3.63) is 45.0 Å². The fourth-order valence-corrected chi connectivity index (χ4v) is 4.37. The number of anilines is 1. The first-order chi connectivity index (χ1) is 11.9. The number of amides is 1. The molecule has 0 saturated heterocycles. The number of benzene rings is 1. The summed E-state index contributed by atoms with van der Waals surface area (Å²) in [5.74, 6) is -0.0478. The lowest BCUT2D eigenvalue weighted by molar-refractivity contribution is -0.115. The van der Waals surface area contributed by atoms with Gasteiger partial charge in [-0.1, -0.05) is 19.9 Å². The summed E-state index contributed by atoms with van der Waals surface area (Å²) in [7, 11) is 3.51. The summed E-state index contributed by atoms with van der Waals surface area (Å²) in [6, 6.07) is 7.78. The summed E-state index contributed by atoms with van der Waals surface area (Å²) in [4.78, 5) is 26.6. The van der Waals surface area contributed by atoms with E-state index in [-0.39, 0.29) is 11.6 Å². The Kier molecular flexibility index (Phi) is 5.06. The number of aryl methyl sites for hydroxylation is 2. The zero-order valence-electron chi connectivity index (χ0n) is 14.7. The summed E-state index contributed by atoms with van der Waals surface area (Å²) in [6.07, 6.45) is 0.356. The molecule has 3 aromatic rings. The molecular formula is C18H21N3O2S2. The lowest BCUT2D eigenvalue weighted by atomic mass is 10.2. The van der Waals surface area contributed by atoms with Crippen molar-refractivity contribution < 1.29 is 4.79 Å². The van der Waals surface area contributed by atoms with Crippen LogP contribution in [0.2, 0.25) is 0 Å². The second kappa shape index (κ2) is 7.09. The van der Waals surface area contributed by atoms with Gasteiger partial charge in [0, 0.05) is 29.1 Å². The van der Waals surface area contributed by atoms with Crippen LogP contribution < -0.4 is 11.0 Å². The highest BCUT2D eigenvalue weighted by molar-refractivity contribution is 8.00. The van der Waals surface area contributed by atoms with Gasteiger partial charge in [-0.3, -0.25) is 13.9 Å². The predicted molar refractivity (Wildman–Crippen MR) is 106 cm³/mol. The smallest absolute Gasteiger partial charge is 0.325 e. The summed E-state index contributed by atoms with van der Waals surface area (Å²) >= 11 is 3.25. The Bertz CT molecular complexity index is 969. The molecule has 25 heavy (non-hydrogen) atoms. The highest BCUT2D eigenvalue weighted by Crippen LogP contribution is 2.34. The highest BCUT2D eigenvalue weighted by atomic mass is 32.2. The van der Waals surface area contributed by atoms with E-state index < -0.39 is 0 Å². The summed E-state index contributed by atoms with van der Waals surface area (Å²) in [6.45, 7) is 4.21. The molecule has 5 nitrogen and oxygen atoms in total. The Morgan fingerprint density at radius 2 is 1.92 bits per heavy atom. The van der Waals surface area contributed by atoms with Gasteiger partial charge in [0.2, 0.25) is 5.91 Å². The van der Waals surface area contributed by atoms with Crippen LogP contribution in [-0.2, 0) is 25.3 Å². The van der Waals surface area contributed by atoms with Gasteiger partial charge in [0.25, 0.3) is 0 Å².